The molecule has 6 N–H and O–H groups in total. The number of carbonyl (C=O) groups is 3. The molecule has 2 aliphatic rings. The van der Waals surface area contributed by atoms with Gasteiger partial charge in [0.2, 0.25) is 17.7 Å². The van der Waals surface area contributed by atoms with E-state index in [-0.39, 0.29) is 24.3 Å². The molecule has 3 amide bonds. The summed E-state index contributed by atoms with van der Waals surface area (Å²) in [5.74, 6) is 0.143. The molecule has 2 aromatic carbocycles. The number of rotatable bonds is 5. The zero-order valence-electron chi connectivity index (χ0n) is 24.8. The Kier molecular flexibility index (Phi) is 12.4. The molecule has 0 fully saturated rings. The minimum atomic E-state index is -0.870. The number of aryl methyl sites for hydroxylation is 1. The smallest absolute Gasteiger partial charge is 0.244 e. The number of hydrogen-bond donors (Lipinski definition) is 6. The Morgan fingerprint density at radius 2 is 1.79 bits per heavy atom. The second-order valence-corrected chi connectivity index (χ2v) is 12.3. The van der Waals surface area contributed by atoms with Crippen LogP contribution in [0.2, 0.25) is 0 Å². The number of amides is 3. The minimum Gasteiger partial charge on any atom is -0.492 e. The van der Waals surface area contributed by atoms with Crippen LogP contribution in [0.15, 0.2) is 53.5 Å². The van der Waals surface area contributed by atoms with Gasteiger partial charge < -0.3 is 36.6 Å². The number of para-hydroxylation sites is 1. The summed E-state index contributed by atoms with van der Waals surface area (Å²) in [5.41, 5.74) is 2.05. The van der Waals surface area contributed by atoms with E-state index in [0.717, 1.165) is 27.0 Å². The van der Waals surface area contributed by atoms with E-state index in [9.17, 15) is 14.4 Å². The normalized spacial score (nSPS) is 22.5. The van der Waals surface area contributed by atoms with Crippen molar-refractivity contribution in [2.75, 3.05) is 39.3 Å². The van der Waals surface area contributed by atoms with Crippen LogP contribution in [0.5, 0.6) is 5.75 Å². The van der Waals surface area contributed by atoms with Crippen molar-refractivity contribution >= 4 is 46.3 Å². The molecule has 0 saturated carbocycles. The largest absolute Gasteiger partial charge is 0.492 e. The van der Waals surface area contributed by atoms with E-state index in [1.54, 1.807) is 0 Å². The summed E-state index contributed by atoms with van der Waals surface area (Å²) in [4.78, 5) is 44.9. The van der Waals surface area contributed by atoms with Gasteiger partial charge in [-0.15, -0.1) is 0 Å². The van der Waals surface area contributed by atoms with E-state index >= 15 is 0 Å². The molecule has 2 aliphatic heterocycles. The van der Waals surface area contributed by atoms with Crippen LogP contribution in [-0.2, 0) is 27.2 Å². The molecule has 2 aromatic rings. The Labute approximate surface area is 266 Å². The monoisotopic (exact) mass is 703 g/mol. The second-order valence-electron chi connectivity index (χ2n) is 11.0. The van der Waals surface area contributed by atoms with Gasteiger partial charge >= 0.3 is 0 Å². The average Bonchev–Trinajstić information content (AvgIpc) is 3.51. The molecule has 0 aliphatic carbocycles. The molecule has 0 radical (unpaired) electrons. The summed E-state index contributed by atoms with van der Waals surface area (Å²) in [6.07, 6.45) is 1.86. The highest BCUT2D eigenvalue weighted by atomic mass is 127. The predicted octanol–water partition coefficient (Wildman–Crippen LogP) is 1.11. The maximum Gasteiger partial charge on any atom is 0.244 e. The van der Waals surface area contributed by atoms with Crippen LogP contribution in [-0.4, -0.2) is 81.1 Å². The van der Waals surface area contributed by atoms with Crippen LogP contribution in [0.1, 0.15) is 31.4 Å². The van der Waals surface area contributed by atoms with Crippen LogP contribution >= 0.6 is 22.6 Å². The minimum absolute atomic E-state index is 0.148. The van der Waals surface area contributed by atoms with Crippen molar-refractivity contribution in [3.8, 4) is 5.75 Å². The van der Waals surface area contributed by atoms with Gasteiger partial charge in [-0.1, -0.05) is 44.2 Å². The number of fused-ring (bicyclic) bond motifs is 1. The SMILES string of the molecule is CC(C)[C@H]1NC(=O)[C@@H](Cc2cccc(I)c2)NCCOc2ccccc2CCCNC(=O)[C@H](CNC2=NCCN2)NC1=O. The Morgan fingerprint density at radius 1 is 0.953 bits per heavy atom. The lowest BCUT2D eigenvalue weighted by molar-refractivity contribution is -0.133. The zero-order chi connectivity index (χ0) is 30.6. The summed E-state index contributed by atoms with van der Waals surface area (Å²) < 4.78 is 7.18. The van der Waals surface area contributed by atoms with Gasteiger partial charge in [0.05, 0.1) is 12.6 Å². The van der Waals surface area contributed by atoms with Gasteiger partial charge in [0, 0.05) is 29.7 Å². The third-order valence-electron chi connectivity index (χ3n) is 7.32. The van der Waals surface area contributed by atoms with Gasteiger partial charge in [-0.3, -0.25) is 19.4 Å². The third kappa shape index (κ3) is 10.1. The van der Waals surface area contributed by atoms with Gasteiger partial charge in [0.25, 0.3) is 0 Å². The highest BCUT2D eigenvalue weighted by molar-refractivity contribution is 14.1. The van der Waals surface area contributed by atoms with Crippen molar-refractivity contribution in [3.63, 3.8) is 0 Å². The van der Waals surface area contributed by atoms with Gasteiger partial charge in [-0.2, -0.15) is 0 Å². The fourth-order valence-electron chi connectivity index (χ4n) is 4.99. The zero-order valence-corrected chi connectivity index (χ0v) is 26.9. The summed E-state index contributed by atoms with van der Waals surface area (Å²) in [6.45, 7) is 6.50. The Balaban J connectivity index is 1.56. The average molecular weight is 704 g/mol. The van der Waals surface area contributed by atoms with Gasteiger partial charge in [0.15, 0.2) is 5.96 Å². The molecule has 0 aromatic heterocycles. The quantitative estimate of drug-likeness (QED) is 0.256. The van der Waals surface area contributed by atoms with Gasteiger partial charge in [0.1, 0.15) is 24.4 Å². The molecular weight excluding hydrogens is 661 g/mol. The molecule has 0 spiro atoms. The molecule has 12 heteroatoms. The lowest BCUT2D eigenvalue weighted by Gasteiger charge is -2.28. The van der Waals surface area contributed by atoms with Crippen LogP contribution in [0.4, 0.5) is 0 Å². The highest BCUT2D eigenvalue weighted by Crippen LogP contribution is 2.19. The summed E-state index contributed by atoms with van der Waals surface area (Å²) in [7, 11) is 0. The number of nitrogens with zero attached hydrogens (tertiary/aromatic N) is 1. The van der Waals surface area contributed by atoms with Crippen molar-refractivity contribution in [1.82, 2.24) is 31.9 Å². The first-order valence-electron chi connectivity index (χ1n) is 14.9. The first-order valence-corrected chi connectivity index (χ1v) is 16.0. The summed E-state index contributed by atoms with van der Waals surface area (Å²) in [5, 5.41) is 18.4. The lowest BCUT2D eigenvalue weighted by atomic mass is 10.0. The van der Waals surface area contributed by atoms with E-state index in [1.165, 1.54) is 0 Å². The van der Waals surface area contributed by atoms with Crippen LogP contribution in [0.25, 0.3) is 0 Å². The van der Waals surface area contributed by atoms with E-state index < -0.39 is 24.0 Å². The van der Waals surface area contributed by atoms with E-state index in [0.29, 0.717) is 51.5 Å². The molecule has 2 heterocycles. The third-order valence-corrected chi connectivity index (χ3v) is 7.99. The Hall–Kier alpha value is -3.39. The number of benzene rings is 2. The molecule has 0 saturated heterocycles. The van der Waals surface area contributed by atoms with Gasteiger partial charge in [-0.05, 0) is 77.1 Å². The lowest BCUT2D eigenvalue weighted by Crippen LogP contribution is -2.60. The molecular formula is C31H42IN7O4. The van der Waals surface area contributed by atoms with Crippen molar-refractivity contribution < 1.29 is 19.1 Å². The number of hydrogen-bond acceptors (Lipinski definition) is 8. The molecule has 11 nitrogen and oxygen atoms in total. The molecule has 0 bridgehead atoms. The highest BCUT2D eigenvalue weighted by Gasteiger charge is 2.31. The van der Waals surface area contributed by atoms with E-state index in [1.807, 2.05) is 62.4 Å². The number of guanidine groups is 1. The maximum atomic E-state index is 13.7. The van der Waals surface area contributed by atoms with Crippen LogP contribution in [0, 0.1) is 9.49 Å². The molecule has 43 heavy (non-hydrogen) atoms. The fourth-order valence-corrected chi connectivity index (χ4v) is 5.60. The summed E-state index contributed by atoms with van der Waals surface area (Å²) >= 11 is 2.25. The number of ether oxygens (including phenoxy) is 1. The van der Waals surface area contributed by atoms with Crippen molar-refractivity contribution in [3.05, 3.63) is 63.2 Å². The van der Waals surface area contributed by atoms with Crippen molar-refractivity contribution in [2.45, 2.75) is 51.2 Å². The first kappa shape index (κ1) is 32.5. The fraction of sp³-hybridized carbons (Fsp3) is 0.484. The standard InChI is InChI=1S/C31H42IN7O4/c1-20(2)27-30(42)38-25(19-37-31-35-13-14-36-31)28(40)34-12-6-9-22-8-3-4-11-26(22)43-16-15-33-24(29(41)39-27)18-21-7-5-10-23(32)17-21/h3-5,7-8,10-11,17,20,24-25,27,33H,6,9,12-16,18-19H2,1-2H3,(H,34,40)(H,38,42)(H,39,41)(H2,35,36,37)/t24-,25+,27-/m1/s1. The van der Waals surface area contributed by atoms with E-state index in [2.05, 4.69) is 59.5 Å². The summed E-state index contributed by atoms with van der Waals surface area (Å²) in [6, 6.07) is 13.5. The van der Waals surface area contributed by atoms with Crippen LogP contribution in [0.3, 0.4) is 0 Å². The number of halogens is 1. The topological polar surface area (TPSA) is 145 Å². The van der Waals surface area contributed by atoms with E-state index in [4.69, 9.17) is 4.74 Å². The van der Waals surface area contributed by atoms with Crippen LogP contribution < -0.4 is 36.6 Å². The number of carbonyl (C=O) groups excluding carboxylic acids is 3. The second kappa shape index (κ2) is 16.5. The Bertz CT molecular complexity index is 1290. The maximum absolute atomic E-state index is 13.7. The van der Waals surface area contributed by atoms with Crippen molar-refractivity contribution in [1.29, 1.82) is 0 Å². The molecule has 232 valence electrons. The van der Waals surface area contributed by atoms with Gasteiger partial charge in [-0.25, -0.2) is 0 Å². The molecule has 4 rings (SSSR count). The molecule has 0 unspecified atom stereocenters. The predicted molar refractivity (Wildman–Crippen MR) is 175 cm³/mol. The Morgan fingerprint density at radius 3 is 2.56 bits per heavy atom. The number of aliphatic imine (C=N–C) groups is 1. The first-order chi connectivity index (χ1) is 20.8. The van der Waals surface area contributed by atoms with Crippen molar-refractivity contribution in [2.24, 2.45) is 10.9 Å². The number of nitrogens with one attached hydrogen (secondary N) is 6. The molecule has 3 atom stereocenters.